The van der Waals surface area contributed by atoms with E-state index in [2.05, 4.69) is 5.10 Å². The van der Waals surface area contributed by atoms with Crippen molar-refractivity contribution in [3.8, 4) is 0 Å². The summed E-state index contributed by atoms with van der Waals surface area (Å²) >= 11 is 0. The number of hydrogen-bond donors (Lipinski definition) is 0. The van der Waals surface area contributed by atoms with Crippen molar-refractivity contribution in [2.24, 2.45) is 0 Å². The third kappa shape index (κ3) is 0.735. The molecule has 1 aromatic rings. The van der Waals surface area contributed by atoms with E-state index >= 15 is 0 Å². The van der Waals surface area contributed by atoms with Crippen molar-refractivity contribution in [1.82, 2.24) is 9.78 Å². The highest BCUT2D eigenvalue weighted by atomic mass is 15.3. The lowest BCUT2D eigenvalue weighted by molar-refractivity contribution is 0.640. The van der Waals surface area contributed by atoms with Crippen LogP contribution >= 0.6 is 0 Å². The third-order valence-electron chi connectivity index (χ3n) is 1.16. The number of hydrogen-bond acceptors (Lipinski definition) is 1. The molecule has 0 aliphatic rings. The Balaban J connectivity index is 3.04. The molecule has 1 aromatic heterocycles. The summed E-state index contributed by atoms with van der Waals surface area (Å²) in [5.41, 5.74) is 0.942. The fourth-order valence-electron chi connectivity index (χ4n) is 0.672. The molecule has 0 saturated heterocycles. The van der Waals surface area contributed by atoms with Gasteiger partial charge >= 0.3 is 0 Å². The molecule has 0 radical (unpaired) electrons. The molecule has 0 spiro atoms. The van der Waals surface area contributed by atoms with E-state index < -0.39 is 0 Å². The molecule has 0 unspecified atom stereocenters. The summed E-state index contributed by atoms with van der Waals surface area (Å²) in [6.07, 6.45) is 1.57. The van der Waals surface area contributed by atoms with Gasteiger partial charge in [-0.3, -0.25) is 4.68 Å². The van der Waals surface area contributed by atoms with Crippen LogP contribution in [-0.4, -0.2) is 9.78 Å². The fourth-order valence-corrected chi connectivity index (χ4v) is 0.672. The fraction of sp³-hybridized carbons (Fsp3) is 0.500. The van der Waals surface area contributed by atoms with E-state index in [-0.39, 0.29) is 0 Å². The summed E-state index contributed by atoms with van der Waals surface area (Å²) in [5.74, 6) is 0. The van der Waals surface area contributed by atoms with Crippen LogP contribution < -0.4 is 0 Å². The van der Waals surface area contributed by atoms with Crippen molar-refractivity contribution in [2.45, 2.75) is 20.4 Å². The summed E-state index contributed by atoms with van der Waals surface area (Å²) in [7, 11) is 0. The highest BCUT2D eigenvalue weighted by molar-refractivity contribution is 4.95. The monoisotopic (exact) mass is 111 g/mol. The van der Waals surface area contributed by atoms with Gasteiger partial charge in [0, 0.05) is 18.4 Å². The van der Waals surface area contributed by atoms with Crippen molar-refractivity contribution in [1.29, 1.82) is 0 Å². The van der Waals surface area contributed by atoms with Gasteiger partial charge in [0.2, 0.25) is 0 Å². The molecule has 1 heterocycles. The average molecular weight is 111 g/mol. The molecular weight excluding hydrogens is 100 g/mol. The molecular formula is C6H10N2. The topological polar surface area (TPSA) is 17.8 Å². The van der Waals surface area contributed by atoms with E-state index in [4.69, 9.17) is 1.37 Å². The average Bonchev–Trinajstić information content (AvgIpc) is 2.15. The van der Waals surface area contributed by atoms with Gasteiger partial charge in [0.1, 0.15) is 0 Å². The van der Waals surface area contributed by atoms with Gasteiger partial charge in [-0.05, 0) is 19.9 Å². The molecule has 0 amide bonds. The zero-order chi connectivity index (χ0) is 6.85. The van der Waals surface area contributed by atoms with E-state index in [0.717, 1.165) is 12.2 Å². The Morgan fingerprint density at radius 3 is 3.00 bits per heavy atom. The van der Waals surface area contributed by atoms with Gasteiger partial charge in [0.25, 0.3) is 0 Å². The second-order valence-electron chi connectivity index (χ2n) is 1.69. The summed E-state index contributed by atoms with van der Waals surface area (Å²) in [6, 6.07) is 0.525. The first-order valence-electron chi connectivity index (χ1n) is 3.24. The van der Waals surface area contributed by atoms with Crippen LogP contribution in [-0.2, 0) is 6.54 Å². The van der Waals surface area contributed by atoms with Crippen molar-refractivity contribution in [2.75, 3.05) is 0 Å². The Hall–Kier alpha value is -0.790. The summed E-state index contributed by atoms with van der Waals surface area (Å²) in [4.78, 5) is 0. The normalized spacial score (nSPS) is 11.5. The zero-order valence-corrected chi connectivity index (χ0v) is 5.18. The molecule has 0 fully saturated rings. The minimum absolute atomic E-state index is 0.525. The molecule has 2 heteroatoms. The Labute approximate surface area is 50.5 Å². The van der Waals surface area contributed by atoms with Crippen LogP contribution in [0.2, 0.25) is 0 Å². The van der Waals surface area contributed by atoms with E-state index in [1.54, 1.807) is 6.20 Å². The number of aryl methyl sites for hydroxylation is 1. The summed E-state index contributed by atoms with van der Waals surface area (Å²) in [5, 5.41) is 3.96. The van der Waals surface area contributed by atoms with Gasteiger partial charge in [0.05, 0.1) is 1.37 Å². The molecule has 0 N–H and O–H groups in total. The maximum absolute atomic E-state index is 7.26. The quantitative estimate of drug-likeness (QED) is 0.532. The molecule has 0 atom stereocenters. The van der Waals surface area contributed by atoms with Crippen LogP contribution in [0, 0.1) is 6.92 Å². The number of nitrogens with zero attached hydrogens (tertiary/aromatic N) is 2. The van der Waals surface area contributed by atoms with Crippen molar-refractivity contribution < 1.29 is 1.37 Å². The Morgan fingerprint density at radius 1 is 2.00 bits per heavy atom. The number of rotatable bonds is 1. The van der Waals surface area contributed by atoms with Gasteiger partial charge in [-0.25, -0.2) is 0 Å². The maximum Gasteiger partial charge on any atom is 0.0659 e. The Kier molecular flexibility index (Phi) is 1.02. The maximum atomic E-state index is 7.26. The van der Waals surface area contributed by atoms with Gasteiger partial charge in [-0.1, -0.05) is 0 Å². The lowest BCUT2D eigenvalue weighted by Crippen LogP contribution is -1.97. The lowest BCUT2D eigenvalue weighted by atomic mass is 10.5. The zero-order valence-electron chi connectivity index (χ0n) is 6.18. The van der Waals surface area contributed by atoms with Gasteiger partial charge in [-0.15, -0.1) is 0 Å². The van der Waals surface area contributed by atoms with Crippen molar-refractivity contribution >= 4 is 0 Å². The molecule has 0 aromatic carbocycles. The largest absolute Gasteiger partial charge is 0.270 e. The van der Waals surface area contributed by atoms with E-state index in [0.29, 0.717) is 6.04 Å². The summed E-state index contributed by atoms with van der Waals surface area (Å²) in [6.45, 7) is 4.77. The molecule has 2 nitrogen and oxygen atoms in total. The van der Waals surface area contributed by atoms with Crippen LogP contribution in [0.1, 0.15) is 14.0 Å². The molecule has 0 aliphatic heterocycles. The standard InChI is InChI=1S/C6H10N2/c1-3-8-6(2)4-5-7-8/h4-5H,3H2,1-2H3/i4D. The minimum atomic E-state index is 0.525. The molecule has 44 valence electrons. The first kappa shape index (κ1) is 4.13. The van der Waals surface area contributed by atoms with Crippen LogP contribution in [0.3, 0.4) is 0 Å². The summed E-state index contributed by atoms with van der Waals surface area (Å²) < 4.78 is 9.07. The predicted molar refractivity (Wildman–Crippen MR) is 32.6 cm³/mol. The van der Waals surface area contributed by atoms with Crippen molar-refractivity contribution in [3.63, 3.8) is 0 Å². The van der Waals surface area contributed by atoms with E-state index in [1.807, 2.05) is 18.5 Å². The first-order chi connectivity index (χ1) is 4.25. The SMILES string of the molecule is [2H]c1cnn(CC)c1C. The number of aromatic nitrogens is 2. The molecule has 0 saturated carbocycles. The Bertz CT molecular complexity index is 205. The minimum Gasteiger partial charge on any atom is -0.270 e. The molecule has 1 rings (SSSR count). The first-order valence-corrected chi connectivity index (χ1v) is 2.74. The lowest BCUT2D eigenvalue weighted by Gasteiger charge is -1.94. The highest BCUT2D eigenvalue weighted by Crippen LogP contribution is 1.93. The van der Waals surface area contributed by atoms with Crippen LogP contribution in [0.25, 0.3) is 0 Å². The van der Waals surface area contributed by atoms with Crippen LogP contribution in [0.5, 0.6) is 0 Å². The second-order valence-corrected chi connectivity index (χ2v) is 1.69. The predicted octanol–water partition coefficient (Wildman–Crippen LogP) is 1.21. The van der Waals surface area contributed by atoms with E-state index in [1.165, 1.54) is 0 Å². The van der Waals surface area contributed by atoms with E-state index in [9.17, 15) is 0 Å². The molecule has 8 heavy (non-hydrogen) atoms. The highest BCUT2D eigenvalue weighted by Gasteiger charge is 1.88. The van der Waals surface area contributed by atoms with Crippen molar-refractivity contribution in [3.05, 3.63) is 17.9 Å². The van der Waals surface area contributed by atoms with Gasteiger partial charge in [-0.2, -0.15) is 5.10 Å². The Morgan fingerprint density at radius 2 is 2.75 bits per heavy atom. The second kappa shape index (κ2) is 1.99. The van der Waals surface area contributed by atoms with Crippen LogP contribution in [0.4, 0.5) is 0 Å². The third-order valence-corrected chi connectivity index (χ3v) is 1.16. The van der Waals surface area contributed by atoms with Gasteiger partial charge in [0.15, 0.2) is 0 Å². The molecule has 0 aliphatic carbocycles. The molecule has 0 bridgehead atoms. The smallest absolute Gasteiger partial charge is 0.0659 e. The van der Waals surface area contributed by atoms with Crippen LogP contribution in [0.15, 0.2) is 12.2 Å². The van der Waals surface area contributed by atoms with Gasteiger partial charge < -0.3 is 0 Å².